The highest BCUT2D eigenvalue weighted by molar-refractivity contribution is 7.10. The summed E-state index contributed by atoms with van der Waals surface area (Å²) in [7, 11) is 0. The lowest BCUT2D eigenvalue weighted by Gasteiger charge is -2.29. The maximum atomic E-state index is 12.7. The van der Waals surface area contributed by atoms with Crippen LogP contribution in [0.25, 0.3) is 0 Å². The molecule has 1 saturated heterocycles. The van der Waals surface area contributed by atoms with Crippen molar-refractivity contribution in [2.75, 3.05) is 19.6 Å². The van der Waals surface area contributed by atoms with Crippen molar-refractivity contribution in [2.45, 2.75) is 31.3 Å². The molecule has 7 heteroatoms. The number of benzene rings is 1. The van der Waals surface area contributed by atoms with Crippen LogP contribution in [0.3, 0.4) is 0 Å². The average Bonchev–Trinajstić information content (AvgIpc) is 3.30. The zero-order chi connectivity index (χ0) is 17.0. The molecule has 2 atom stereocenters. The minimum Gasteiger partial charge on any atom is -0.352 e. The molecule has 26 heavy (non-hydrogen) atoms. The second-order valence-corrected chi connectivity index (χ2v) is 7.53. The zero-order valence-corrected chi connectivity index (χ0v) is 17.3. The number of likely N-dealkylation sites (tertiary alicyclic amines) is 1. The van der Waals surface area contributed by atoms with Gasteiger partial charge in [-0.25, -0.2) is 0 Å². The van der Waals surface area contributed by atoms with Crippen molar-refractivity contribution in [3.8, 4) is 0 Å². The number of hydrogen-bond acceptors (Lipinski definition) is 4. The van der Waals surface area contributed by atoms with Gasteiger partial charge in [0.15, 0.2) is 0 Å². The Balaban J connectivity index is 0.00000169. The van der Waals surface area contributed by atoms with E-state index in [2.05, 4.69) is 27.7 Å². The second-order valence-electron chi connectivity index (χ2n) is 6.55. The summed E-state index contributed by atoms with van der Waals surface area (Å²) in [6.07, 6.45) is 2.46. The molecular weight excluding hydrogens is 389 g/mol. The second kappa shape index (κ2) is 10.3. The SMILES string of the molecule is CC(N)(C(=O)NCC(c1cccs1)N1CCCC1)c1ccccc1.Cl.Cl. The fourth-order valence-electron chi connectivity index (χ4n) is 3.23. The molecule has 1 fully saturated rings. The third kappa shape index (κ3) is 5.21. The molecule has 4 nitrogen and oxygen atoms in total. The Morgan fingerprint density at radius 2 is 1.85 bits per heavy atom. The molecular formula is C19H27Cl2N3OS. The Kier molecular flexibility index (Phi) is 9.07. The van der Waals surface area contributed by atoms with E-state index in [1.165, 1.54) is 17.7 Å². The van der Waals surface area contributed by atoms with Gasteiger partial charge in [-0.15, -0.1) is 36.2 Å². The molecule has 2 unspecified atom stereocenters. The van der Waals surface area contributed by atoms with Crippen LogP contribution < -0.4 is 11.1 Å². The molecule has 0 aliphatic carbocycles. The molecule has 1 aliphatic rings. The van der Waals surface area contributed by atoms with Crippen molar-refractivity contribution >= 4 is 42.1 Å². The normalized spacial score (nSPS) is 17.5. The van der Waals surface area contributed by atoms with E-state index in [9.17, 15) is 4.79 Å². The third-order valence-corrected chi connectivity index (χ3v) is 5.73. The van der Waals surface area contributed by atoms with Gasteiger partial charge in [0.1, 0.15) is 5.54 Å². The number of hydrogen-bond donors (Lipinski definition) is 2. The lowest BCUT2D eigenvalue weighted by molar-refractivity contribution is -0.126. The first-order valence-electron chi connectivity index (χ1n) is 8.49. The van der Waals surface area contributed by atoms with Crippen LogP contribution in [0, 0.1) is 0 Å². The summed E-state index contributed by atoms with van der Waals surface area (Å²) in [4.78, 5) is 16.5. The van der Waals surface area contributed by atoms with E-state index in [0.29, 0.717) is 6.54 Å². The highest BCUT2D eigenvalue weighted by Crippen LogP contribution is 2.28. The topological polar surface area (TPSA) is 58.4 Å². The highest BCUT2D eigenvalue weighted by atomic mass is 35.5. The molecule has 0 radical (unpaired) electrons. The maximum absolute atomic E-state index is 12.7. The summed E-state index contributed by atoms with van der Waals surface area (Å²) in [6.45, 7) is 4.56. The van der Waals surface area contributed by atoms with Crippen LogP contribution in [0.1, 0.15) is 36.2 Å². The zero-order valence-electron chi connectivity index (χ0n) is 14.9. The molecule has 0 saturated carbocycles. The van der Waals surface area contributed by atoms with Crippen LogP contribution in [-0.4, -0.2) is 30.4 Å². The van der Waals surface area contributed by atoms with Crippen molar-refractivity contribution < 1.29 is 4.79 Å². The maximum Gasteiger partial charge on any atom is 0.244 e. The molecule has 2 aromatic rings. The quantitative estimate of drug-likeness (QED) is 0.755. The standard InChI is InChI=1S/C19H25N3OS.2ClH/c1-19(20,15-8-3-2-4-9-15)18(23)21-14-16(17-10-7-13-24-17)22-11-5-6-12-22;;/h2-4,7-10,13,16H,5-6,11-12,14,20H2,1H3,(H,21,23);2*1H. The molecule has 1 aromatic carbocycles. The van der Waals surface area contributed by atoms with E-state index < -0.39 is 5.54 Å². The van der Waals surface area contributed by atoms with Gasteiger partial charge in [-0.3, -0.25) is 9.69 Å². The minimum absolute atomic E-state index is 0. The van der Waals surface area contributed by atoms with Crippen molar-refractivity contribution in [3.05, 3.63) is 58.3 Å². The summed E-state index contributed by atoms with van der Waals surface area (Å²) >= 11 is 1.75. The molecule has 3 N–H and O–H groups in total. The summed E-state index contributed by atoms with van der Waals surface area (Å²) in [6, 6.07) is 14.0. The monoisotopic (exact) mass is 415 g/mol. The lowest BCUT2D eigenvalue weighted by atomic mass is 9.92. The Morgan fingerprint density at radius 1 is 1.19 bits per heavy atom. The van der Waals surface area contributed by atoms with Crippen molar-refractivity contribution in [3.63, 3.8) is 0 Å². The van der Waals surface area contributed by atoms with E-state index in [0.717, 1.165) is 18.7 Å². The fourth-order valence-corrected chi connectivity index (χ4v) is 4.09. The van der Waals surface area contributed by atoms with E-state index in [1.54, 1.807) is 18.3 Å². The molecule has 0 bridgehead atoms. The lowest BCUT2D eigenvalue weighted by Crippen LogP contribution is -2.50. The molecule has 1 aromatic heterocycles. The van der Waals surface area contributed by atoms with Crippen molar-refractivity contribution in [1.82, 2.24) is 10.2 Å². The smallest absolute Gasteiger partial charge is 0.244 e. The first-order valence-corrected chi connectivity index (χ1v) is 9.37. The first kappa shape index (κ1) is 22.9. The first-order chi connectivity index (χ1) is 11.6. The average molecular weight is 416 g/mol. The van der Waals surface area contributed by atoms with Crippen LogP contribution in [0.15, 0.2) is 47.8 Å². The largest absolute Gasteiger partial charge is 0.352 e. The van der Waals surface area contributed by atoms with Crippen LogP contribution in [0.2, 0.25) is 0 Å². The van der Waals surface area contributed by atoms with Crippen LogP contribution in [0.4, 0.5) is 0 Å². The Bertz CT molecular complexity index is 659. The van der Waals surface area contributed by atoms with Crippen LogP contribution in [0.5, 0.6) is 0 Å². The van der Waals surface area contributed by atoms with Gasteiger partial charge in [0, 0.05) is 11.4 Å². The van der Waals surface area contributed by atoms with Gasteiger partial charge in [-0.05, 0) is 49.9 Å². The van der Waals surface area contributed by atoms with Gasteiger partial charge in [-0.2, -0.15) is 0 Å². The predicted octanol–water partition coefficient (Wildman–Crippen LogP) is 3.72. The number of carbonyl (C=O) groups is 1. The molecule has 3 rings (SSSR count). The number of amides is 1. The molecule has 1 amide bonds. The number of halogens is 2. The molecule has 1 aliphatic heterocycles. The summed E-state index contributed by atoms with van der Waals surface area (Å²) in [5.41, 5.74) is 6.13. The van der Waals surface area contributed by atoms with Crippen LogP contribution >= 0.6 is 36.2 Å². The van der Waals surface area contributed by atoms with E-state index in [-0.39, 0.29) is 36.8 Å². The molecule has 144 valence electrons. The number of nitrogens with two attached hydrogens (primary N) is 1. The summed E-state index contributed by atoms with van der Waals surface area (Å²) in [5, 5.41) is 5.18. The van der Waals surface area contributed by atoms with Crippen LogP contribution in [-0.2, 0) is 10.3 Å². The number of nitrogens with one attached hydrogen (secondary N) is 1. The van der Waals surface area contributed by atoms with Gasteiger partial charge in [0.05, 0.1) is 6.04 Å². The number of carbonyl (C=O) groups excluding carboxylic acids is 1. The Labute approximate surface area is 172 Å². The Morgan fingerprint density at radius 3 is 2.42 bits per heavy atom. The Hall–Kier alpha value is -1.11. The number of thiophene rings is 1. The number of rotatable bonds is 6. The summed E-state index contributed by atoms with van der Waals surface area (Å²) < 4.78 is 0. The van der Waals surface area contributed by atoms with E-state index >= 15 is 0 Å². The van der Waals surface area contributed by atoms with Gasteiger partial charge in [0.2, 0.25) is 5.91 Å². The predicted molar refractivity (Wildman–Crippen MR) is 113 cm³/mol. The van der Waals surface area contributed by atoms with E-state index in [1.807, 2.05) is 30.3 Å². The molecule has 0 spiro atoms. The third-order valence-electron chi connectivity index (χ3n) is 4.75. The van der Waals surface area contributed by atoms with Gasteiger partial charge >= 0.3 is 0 Å². The van der Waals surface area contributed by atoms with Crippen molar-refractivity contribution in [2.24, 2.45) is 5.73 Å². The van der Waals surface area contributed by atoms with Gasteiger partial charge in [0.25, 0.3) is 0 Å². The van der Waals surface area contributed by atoms with E-state index in [4.69, 9.17) is 5.73 Å². The highest BCUT2D eigenvalue weighted by Gasteiger charge is 2.32. The number of nitrogens with zero attached hydrogens (tertiary/aromatic N) is 1. The van der Waals surface area contributed by atoms with Gasteiger partial charge in [-0.1, -0.05) is 36.4 Å². The fraction of sp³-hybridized carbons (Fsp3) is 0.421. The summed E-state index contributed by atoms with van der Waals surface area (Å²) in [5.74, 6) is -0.130. The molecule has 2 heterocycles. The van der Waals surface area contributed by atoms with Gasteiger partial charge < -0.3 is 11.1 Å². The minimum atomic E-state index is -1.02. The van der Waals surface area contributed by atoms with Crippen molar-refractivity contribution in [1.29, 1.82) is 0 Å².